The van der Waals surface area contributed by atoms with E-state index < -0.39 is 10.0 Å². The van der Waals surface area contributed by atoms with Gasteiger partial charge < -0.3 is 10.5 Å². The molecular formula is C21H26N2O3S. The summed E-state index contributed by atoms with van der Waals surface area (Å²) in [4.78, 5) is 0. The van der Waals surface area contributed by atoms with Crippen LogP contribution in [0.25, 0.3) is 0 Å². The van der Waals surface area contributed by atoms with Crippen LogP contribution >= 0.6 is 0 Å². The summed E-state index contributed by atoms with van der Waals surface area (Å²) in [5.41, 5.74) is 9.60. The third-order valence-corrected chi connectivity index (χ3v) is 6.86. The van der Waals surface area contributed by atoms with Crippen LogP contribution < -0.4 is 15.2 Å². The summed E-state index contributed by atoms with van der Waals surface area (Å²) in [5.74, 6) is 1.58. The molecule has 1 aliphatic carbocycles. The van der Waals surface area contributed by atoms with Crippen molar-refractivity contribution in [2.24, 2.45) is 11.7 Å². The minimum atomic E-state index is -3.22. The highest BCUT2D eigenvalue weighted by Crippen LogP contribution is 2.36. The van der Waals surface area contributed by atoms with Gasteiger partial charge in [0.15, 0.2) is 0 Å². The van der Waals surface area contributed by atoms with Crippen molar-refractivity contribution in [3.05, 3.63) is 65.2 Å². The summed E-state index contributed by atoms with van der Waals surface area (Å²) < 4.78 is 32.8. The molecule has 5 nitrogen and oxygen atoms in total. The molecule has 1 aliphatic heterocycles. The van der Waals surface area contributed by atoms with Gasteiger partial charge in [-0.1, -0.05) is 42.5 Å². The Hall–Kier alpha value is -1.89. The number of fused-ring (bicyclic) bond motifs is 1. The lowest BCUT2D eigenvalue weighted by Gasteiger charge is -2.32. The van der Waals surface area contributed by atoms with E-state index >= 15 is 0 Å². The van der Waals surface area contributed by atoms with Crippen LogP contribution in [0.15, 0.2) is 48.5 Å². The van der Waals surface area contributed by atoms with Crippen molar-refractivity contribution in [3.8, 4) is 5.75 Å². The van der Waals surface area contributed by atoms with Crippen LogP contribution in [0.2, 0.25) is 0 Å². The quantitative estimate of drug-likeness (QED) is 0.766. The first kappa shape index (κ1) is 18.5. The number of ether oxygens (including phenoxy) is 1. The van der Waals surface area contributed by atoms with Gasteiger partial charge in [0.25, 0.3) is 0 Å². The van der Waals surface area contributed by atoms with Crippen molar-refractivity contribution in [1.82, 2.24) is 4.72 Å². The van der Waals surface area contributed by atoms with Crippen molar-refractivity contribution in [3.63, 3.8) is 0 Å². The molecule has 1 saturated carbocycles. The molecule has 1 fully saturated rings. The molecular weight excluding hydrogens is 360 g/mol. The van der Waals surface area contributed by atoms with Crippen molar-refractivity contribution in [2.45, 2.75) is 37.8 Å². The first-order chi connectivity index (χ1) is 13.0. The van der Waals surface area contributed by atoms with Gasteiger partial charge in [0.2, 0.25) is 10.0 Å². The van der Waals surface area contributed by atoms with Crippen molar-refractivity contribution >= 4 is 10.0 Å². The first-order valence-corrected chi connectivity index (χ1v) is 11.2. The molecule has 2 aromatic carbocycles. The number of sulfonamides is 1. The van der Waals surface area contributed by atoms with Gasteiger partial charge in [-0.2, -0.15) is 0 Å². The number of nitrogens with one attached hydrogen (secondary N) is 1. The van der Waals surface area contributed by atoms with Crippen LogP contribution in [0.4, 0.5) is 0 Å². The van der Waals surface area contributed by atoms with Crippen LogP contribution in [-0.4, -0.2) is 26.8 Å². The molecule has 3 N–H and O–H groups in total. The molecule has 2 aliphatic rings. The second-order valence-corrected chi connectivity index (χ2v) is 9.54. The van der Waals surface area contributed by atoms with Gasteiger partial charge in [-0.3, -0.25) is 0 Å². The Bertz CT molecular complexity index is 895. The molecule has 0 saturated heterocycles. The van der Waals surface area contributed by atoms with E-state index in [-0.39, 0.29) is 17.7 Å². The minimum Gasteiger partial charge on any atom is -0.492 e. The molecule has 0 radical (unpaired) electrons. The number of nitrogens with two attached hydrogens (primary N) is 1. The maximum absolute atomic E-state index is 12.1. The Morgan fingerprint density at radius 1 is 1.07 bits per heavy atom. The van der Waals surface area contributed by atoms with Crippen molar-refractivity contribution < 1.29 is 13.2 Å². The molecule has 1 heterocycles. The normalized spacial score (nSPS) is 22.1. The van der Waals surface area contributed by atoms with Gasteiger partial charge in [0, 0.05) is 18.5 Å². The third-order valence-electron chi connectivity index (χ3n) is 5.37. The largest absolute Gasteiger partial charge is 0.492 e. The lowest BCUT2D eigenvalue weighted by molar-refractivity contribution is 0.238. The van der Waals surface area contributed by atoms with Gasteiger partial charge in [-0.05, 0) is 47.9 Å². The van der Waals surface area contributed by atoms with E-state index in [0.717, 1.165) is 36.1 Å². The summed E-state index contributed by atoms with van der Waals surface area (Å²) in [6.07, 6.45) is 2.89. The molecule has 0 amide bonds. The molecule has 0 bridgehead atoms. The Balaban J connectivity index is 1.51. The van der Waals surface area contributed by atoms with Crippen molar-refractivity contribution in [2.75, 3.05) is 12.4 Å². The standard InChI is InChI=1S/C21H26N2O3S/c22-20-13-26-21-9-8-17(12-23-27(24,25)14-16-6-7-16)11-19(21)18(20)10-15-4-2-1-3-5-15/h1-5,8-9,11,16,18,20,23H,6-7,10,12-14,22H2. The average Bonchev–Trinajstić information content (AvgIpc) is 3.46. The van der Waals surface area contributed by atoms with Gasteiger partial charge >= 0.3 is 0 Å². The second-order valence-electron chi connectivity index (χ2n) is 7.69. The van der Waals surface area contributed by atoms with E-state index in [1.54, 1.807) is 0 Å². The predicted molar refractivity (Wildman–Crippen MR) is 106 cm³/mol. The maximum atomic E-state index is 12.1. The summed E-state index contributed by atoms with van der Waals surface area (Å²) in [6.45, 7) is 0.799. The zero-order chi connectivity index (χ0) is 18.9. The van der Waals surface area contributed by atoms with Gasteiger partial charge in [-0.25, -0.2) is 13.1 Å². The molecule has 144 valence electrons. The lowest BCUT2D eigenvalue weighted by atomic mass is 9.84. The van der Waals surface area contributed by atoms with Crippen LogP contribution in [-0.2, 0) is 23.0 Å². The lowest BCUT2D eigenvalue weighted by Crippen LogP contribution is -2.39. The van der Waals surface area contributed by atoms with Crippen LogP contribution in [0.1, 0.15) is 35.4 Å². The first-order valence-electron chi connectivity index (χ1n) is 9.52. The summed E-state index contributed by atoms with van der Waals surface area (Å²) in [5, 5.41) is 0. The fourth-order valence-corrected chi connectivity index (χ4v) is 5.10. The van der Waals surface area contributed by atoms with E-state index in [0.29, 0.717) is 19.1 Å². The SMILES string of the molecule is NC1COc2ccc(CNS(=O)(=O)CC3CC3)cc2C1Cc1ccccc1. The number of hydrogen-bond donors (Lipinski definition) is 2. The van der Waals surface area contributed by atoms with Gasteiger partial charge in [0.1, 0.15) is 12.4 Å². The monoisotopic (exact) mass is 386 g/mol. The fourth-order valence-electron chi connectivity index (χ4n) is 3.64. The van der Waals surface area contributed by atoms with E-state index in [2.05, 4.69) is 16.9 Å². The van der Waals surface area contributed by atoms with E-state index in [1.807, 2.05) is 36.4 Å². The zero-order valence-electron chi connectivity index (χ0n) is 15.3. The fraction of sp³-hybridized carbons (Fsp3) is 0.429. The van der Waals surface area contributed by atoms with E-state index in [1.165, 1.54) is 5.56 Å². The summed E-state index contributed by atoms with van der Waals surface area (Å²) in [6, 6.07) is 16.1. The maximum Gasteiger partial charge on any atom is 0.212 e. The van der Waals surface area contributed by atoms with E-state index in [9.17, 15) is 8.42 Å². The Labute approximate surface area is 161 Å². The van der Waals surface area contributed by atoms with Crippen molar-refractivity contribution in [1.29, 1.82) is 0 Å². The molecule has 6 heteroatoms. The summed E-state index contributed by atoms with van der Waals surface area (Å²) >= 11 is 0. The van der Waals surface area contributed by atoms with Gasteiger partial charge in [0.05, 0.1) is 5.75 Å². The highest BCUT2D eigenvalue weighted by atomic mass is 32.2. The molecule has 2 unspecified atom stereocenters. The van der Waals surface area contributed by atoms with Crippen LogP contribution in [0.3, 0.4) is 0 Å². The Kier molecular flexibility index (Phi) is 5.21. The average molecular weight is 387 g/mol. The third kappa shape index (κ3) is 4.69. The summed E-state index contributed by atoms with van der Waals surface area (Å²) in [7, 11) is -3.22. The molecule has 0 aromatic heterocycles. The highest BCUT2D eigenvalue weighted by molar-refractivity contribution is 7.89. The number of benzene rings is 2. The highest BCUT2D eigenvalue weighted by Gasteiger charge is 2.30. The molecule has 27 heavy (non-hydrogen) atoms. The predicted octanol–water partition coefficient (Wildman–Crippen LogP) is 2.56. The van der Waals surface area contributed by atoms with Crippen LogP contribution in [0, 0.1) is 5.92 Å². The topological polar surface area (TPSA) is 81.4 Å². The molecule has 4 rings (SSSR count). The Morgan fingerprint density at radius 3 is 2.59 bits per heavy atom. The molecule has 2 aromatic rings. The minimum absolute atomic E-state index is 0.0838. The zero-order valence-corrected chi connectivity index (χ0v) is 16.1. The smallest absolute Gasteiger partial charge is 0.212 e. The second kappa shape index (κ2) is 7.62. The van der Waals surface area contributed by atoms with Gasteiger partial charge in [-0.15, -0.1) is 0 Å². The number of rotatable bonds is 7. The molecule has 2 atom stereocenters. The Morgan fingerprint density at radius 2 is 1.85 bits per heavy atom. The molecule has 0 spiro atoms. The van der Waals surface area contributed by atoms with Crippen LogP contribution in [0.5, 0.6) is 5.75 Å². The van der Waals surface area contributed by atoms with E-state index in [4.69, 9.17) is 10.5 Å². The number of hydrogen-bond acceptors (Lipinski definition) is 4.